The van der Waals surface area contributed by atoms with E-state index in [0.717, 1.165) is 129 Å². The zero-order chi connectivity index (χ0) is 45.3. The quantitative estimate of drug-likeness (QED) is 0.0389. The van der Waals surface area contributed by atoms with Gasteiger partial charge in [0.1, 0.15) is 6.10 Å². The molecule has 0 saturated carbocycles. The molecule has 1 aromatic carbocycles. The van der Waals surface area contributed by atoms with E-state index >= 15 is 0 Å². The molecule has 0 heterocycles. The molecule has 0 amide bonds. The van der Waals surface area contributed by atoms with Gasteiger partial charge >= 0.3 is 12.1 Å². The molecule has 0 saturated heterocycles. The van der Waals surface area contributed by atoms with Crippen LogP contribution in [0, 0.1) is 5.92 Å². The standard InChI is InChI=1S/C53H98N2O7/c1-6-10-14-17-20-26-33-44-60-53(59)61-45-46(5)35-30-32-42-55(43-34-40-54-50-48(38-13-9-4)51(57)52(50)58)41-31-25-21-24-29-39-49(56)62-47(36-27-22-18-15-11-7-2)37-28-23-19-16-12-8-3/h46-47,54H,6-45H2,1-5H3. The minimum absolute atomic E-state index is 0.00687. The van der Waals surface area contributed by atoms with Crippen LogP contribution in [-0.2, 0) is 25.4 Å². The first-order valence-corrected chi connectivity index (χ1v) is 26.5. The highest BCUT2D eigenvalue weighted by Gasteiger charge is 2.20. The van der Waals surface area contributed by atoms with Gasteiger partial charge in [0.05, 0.1) is 18.9 Å². The number of ether oxygens (including phenoxy) is 3. The second kappa shape index (κ2) is 41.3. The lowest BCUT2D eigenvalue weighted by atomic mass is 10.0. The maximum atomic E-state index is 12.9. The highest BCUT2D eigenvalue weighted by molar-refractivity contribution is 5.69. The van der Waals surface area contributed by atoms with Crippen LogP contribution in [0.5, 0.6) is 0 Å². The third kappa shape index (κ3) is 31.4. The molecule has 0 aliphatic rings. The Morgan fingerprint density at radius 1 is 0.532 bits per heavy atom. The molecule has 1 N–H and O–H groups in total. The summed E-state index contributed by atoms with van der Waals surface area (Å²) in [7, 11) is 0. The summed E-state index contributed by atoms with van der Waals surface area (Å²) in [6.07, 6.45) is 37.5. The van der Waals surface area contributed by atoms with E-state index in [4.69, 9.17) is 14.2 Å². The zero-order valence-corrected chi connectivity index (χ0v) is 41.2. The van der Waals surface area contributed by atoms with E-state index in [0.29, 0.717) is 43.9 Å². The van der Waals surface area contributed by atoms with Crippen LogP contribution in [0.4, 0.5) is 10.5 Å². The van der Waals surface area contributed by atoms with Crippen LogP contribution in [0.3, 0.4) is 0 Å². The van der Waals surface area contributed by atoms with Gasteiger partial charge in [0, 0.05) is 18.5 Å². The molecule has 0 radical (unpaired) electrons. The van der Waals surface area contributed by atoms with Gasteiger partial charge in [0.25, 0.3) is 0 Å². The molecule has 0 aliphatic carbocycles. The highest BCUT2D eigenvalue weighted by atomic mass is 16.7. The molecule has 0 aromatic heterocycles. The van der Waals surface area contributed by atoms with E-state index in [1.54, 1.807) is 0 Å². The lowest BCUT2D eigenvalue weighted by Crippen LogP contribution is -2.39. The minimum Gasteiger partial charge on any atom is -0.462 e. The average molecular weight is 875 g/mol. The predicted octanol–water partition coefficient (Wildman–Crippen LogP) is 14.2. The summed E-state index contributed by atoms with van der Waals surface area (Å²) in [6.45, 7) is 15.4. The monoisotopic (exact) mass is 875 g/mol. The largest absolute Gasteiger partial charge is 0.508 e. The Hall–Kier alpha value is -2.42. The molecule has 0 bridgehead atoms. The van der Waals surface area contributed by atoms with Gasteiger partial charge in [-0.1, -0.05) is 169 Å². The Morgan fingerprint density at radius 3 is 1.61 bits per heavy atom. The number of hydrogen-bond donors (Lipinski definition) is 1. The van der Waals surface area contributed by atoms with Crippen molar-refractivity contribution in [3.05, 3.63) is 26.0 Å². The summed E-state index contributed by atoms with van der Waals surface area (Å²) in [5.41, 5.74) is 0.558. The van der Waals surface area contributed by atoms with Crippen molar-refractivity contribution in [3.8, 4) is 0 Å². The van der Waals surface area contributed by atoms with Crippen molar-refractivity contribution in [2.75, 3.05) is 44.7 Å². The Kier molecular flexibility index (Phi) is 38.4. The molecule has 9 heteroatoms. The number of nitrogens with one attached hydrogen (secondary N) is 1. The Balaban J connectivity index is 2.46. The fraction of sp³-hybridized carbons (Fsp3) is 0.887. The first-order valence-electron chi connectivity index (χ1n) is 26.5. The first-order chi connectivity index (χ1) is 30.3. The van der Waals surface area contributed by atoms with Crippen molar-refractivity contribution in [1.82, 2.24) is 4.90 Å². The maximum Gasteiger partial charge on any atom is 0.508 e. The van der Waals surface area contributed by atoms with Gasteiger partial charge in [0.15, 0.2) is 0 Å². The number of nitrogens with zero attached hydrogens (tertiary/aromatic N) is 1. The number of hydrogen-bond acceptors (Lipinski definition) is 9. The van der Waals surface area contributed by atoms with Crippen molar-refractivity contribution in [1.29, 1.82) is 0 Å². The Morgan fingerprint density at radius 2 is 1.02 bits per heavy atom. The maximum absolute atomic E-state index is 12.9. The second-order valence-corrected chi connectivity index (χ2v) is 18.6. The lowest BCUT2D eigenvalue weighted by molar-refractivity contribution is -0.150. The molecule has 1 unspecified atom stereocenters. The van der Waals surface area contributed by atoms with Crippen molar-refractivity contribution in [2.24, 2.45) is 5.92 Å². The summed E-state index contributed by atoms with van der Waals surface area (Å²) < 4.78 is 16.8. The molecule has 362 valence electrons. The average Bonchev–Trinajstić information content (AvgIpc) is 3.27. The minimum atomic E-state index is -0.546. The summed E-state index contributed by atoms with van der Waals surface area (Å²) in [4.78, 5) is 51.9. The van der Waals surface area contributed by atoms with Gasteiger partial charge in [-0.2, -0.15) is 0 Å². The van der Waals surface area contributed by atoms with E-state index in [2.05, 4.69) is 44.8 Å². The smallest absolute Gasteiger partial charge is 0.462 e. The Bertz CT molecular complexity index is 1250. The Labute approximate surface area is 381 Å². The van der Waals surface area contributed by atoms with Crippen LogP contribution in [-0.4, -0.2) is 62.5 Å². The third-order valence-electron chi connectivity index (χ3n) is 12.5. The van der Waals surface area contributed by atoms with Crippen LogP contribution in [0.1, 0.15) is 252 Å². The molecule has 62 heavy (non-hydrogen) atoms. The van der Waals surface area contributed by atoms with Gasteiger partial charge in [-0.25, -0.2) is 4.79 Å². The van der Waals surface area contributed by atoms with Crippen LogP contribution >= 0.6 is 0 Å². The summed E-state index contributed by atoms with van der Waals surface area (Å²) >= 11 is 0. The number of rotatable bonds is 46. The van der Waals surface area contributed by atoms with Gasteiger partial charge in [0.2, 0.25) is 10.9 Å². The molecule has 0 aliphatic heterocycles. The normalized spacial score (nSPS) is 12.1. The van der Waals surface area contributed by atoms with Crippen LogP contribution < -0.4 is 16.2 Å². The van der Waals surface area contributed by atoms with Crippen molar-refractivity contribution in [2.45, 2.75) is 259 Å². The number of unbranched alkanes of at least 4 members (excludes halogenated alkanes) is 22. The highest BCUT2D eigenvalue weighted by Crippen LogP contribution is 2.19. The number of carbonyl (C=O) groups is 2. The van der Waals surface area contributed by atoms with Gasteiger partial charge in [-0.15, -0.1) is 0 Å². The fourth-order valence-electron chi connectivity index (χ4n) is 8.39. The topological polar surface area (TPSA) is 111 Å². The summed E-state index contributed by atoms with van der Waals surface area (Å²) in [5, 5.41) is 3.29. The van der Waals surface area contributed by atoms with Crippen molar-refractivity contribution >= 4 is 17.8 Å². The van der Waals surface area contributed by atoms with Gasteiger partial charge < -0.3 is 24.4 Å². The molecule has 0 spiro atoms. The van der Waals surface area contributed by atoms with Gasteiger partial charge in [-0.05, 0) is 103 Å². The summed E-state index contributed by atoms with van der Waals surface area (Å²) in [6, 6.07) is 0. The van der Waals surface area contributed by atoms with E-state index in [1.807, 2.05) is 0 Å². The van der Waals surface area contributed by atoms with Crippen LogP contribution in [0.15, 0.2) is 9.59 Å². The number of carbonyl (C=O) groups excluding carboxylic acids is 2. The van der Waals surface area contributed by atoms with Crippen LogP contribution in [0.2, 0.25) is 0 Å². The van der Waals surface area contributed by atoms with E-state index in [1.165, 1.54) is 96.3 Å². The first kappa shape index (κ1) is 57.6. The summed E-state index contributed by atoms with van der Waals surface area (Å²) in [5.74, 6) is 0.271. The van der Waals surface area contributed by atoms with E-state index in [-0.39, 0.29) is 28.8 Å². The van der Waals surface area contributed by atoms with E-state index < -0.39 is 6.16 Å². The zero-order valence-electron chi connectivity index (χ0n) is 41.2. The second-order valence-electron chi connectivity index (χ2n) is 18.6. The lowest BCUT2D eigenvalue weighted by Gasteiger charge is -2.23. The van der Waals surface area contributed by atoms with E-state index in [9.17, 15) is 19.2 Å². The molecule has 1 rings (SSSR count). The van der Waals surface area contributed by atoms with Crippen LogP contribution in [0.25, 0.3) is 0 Å². The molecule has 0 fully saturated rings. The molecular formula is C53H98N2O7. The predicted molar refractivity (Wildman–Crippen MR) is 261 cm³/mol. The SMILES string of the molecule is CCCCCCCCCOC(=O)OCC(C)CCCCN(CCCCCCCC(=O)OC(CCCCCCCC)CCCCCCCC)CCCNc1c(CCCC)c(=O)c1=O. The van der Waals surface area contributed by atoms with Crippen molar-refractivity contribution < 1.29 is 23.8 Å². The third-order valence-corrected chi connectivity index (χ3v) is 12.5. The molecule has 1 aromatic rings. The van der Waals surface area contributed by atoms with Gasteiger partial charge in [-0.3, -0.25) is 14.4 Å². The molecular weight excluding hydrogens is 777 g/mol. The fourth-order valence-corrected chi connectivity index (χ4v) is 8.39. The number of anilines is 1. The molecule has 9 nitrogen and oxygen atoms in total. The number of esters is 1. The molecule has 1 atom stereocenters. The van der Waals surface area contributed by atoms with Crippen molar-refractivity contribution in [3.63, 3.8) is 0 Å².